The van der Waals surface area contributed by atoms with Gasteiger partial charge in [-0.15, -0.1) is 0 Å². The summed E-state index contributed by atoms with van der Waals surface area (Å²) in [6.45, 7) is 1.68. The number of nitrogens with two attached hydrogens (primary N) is 1. The van der Waals surface area contributed by atoms with Crippen LogP contribution >= 0.6 is 0 Å². The van der Waals surface area contributed by atoms with Crippen LogP contribution in [0.25, 0.3) is 0 Å². The lowest BCUT2D eigenvalue weighted by atomic mass is 10.0. The molecule has 0 unspecified atom stereocenters. The molecule has 0 bridgehead atoms. The molecule has 0 fully saturated rings. The molecule has 0 atom stereocenters. The summed E-state index contributed by atoms with van der Waals surface area (Å²) in [5, 5.41) is 0. The Bertz CT molecular complexity index is 249. The van der Waals surface area contributed by atoms with Gasteiger partial charge in [0.15, 0.2) is 0 Å². The van der Waals surface area contributed by atoms with Crippen molar-refractivity contribution in [3.8, 4) is 0 Å². The number of amides is 1. The Kier molecular flexibility index (Phi) is 15.9. The number of ketones is 1. The highest BCUT2D eigenvalue weighted by Gasteiger charge is 1.96. The molecule has 0 aromatic heterocycles. The Hall–Kier alpha value is -0.860. The van der Waals surface area contributed by atoms with Crippen LogP contribution in [-0.2, 0) is 9.59 Å². The van der Waals surface area contributed by atoms with Crippen molar-refractivity contribution in [3.05, 3.63) is 0 Å². The van der Waals surface area contributed by atoms with Gasteiger partial charge in [-0.3, -0.25) is 4.79 Å². The Morgan fingerprint density at radius 1 is 0.545 bits per heavy atom. The Balaban J connectivity index is 2.99. The second kappa shape index (κ2) is 16.5. The van der Waals surface area contributed by atoms with Crippen LogP contribution in [0.5, 0.6) is 0 Å². The van der Waals surface area contributed by atoms with Crippen LogP contribution in [0.4, 0.5) is 0 Å². The van der Waals surface area contributed by atoms with Gasteiger partial charge in [-0.1, -0.05) is 77.0 Å². The van der Waals surface area contributed by atoms with E-state index in [0.717, 1.165) is 25.7 Å². The van der Waals surface area contributed by atoms with Gasteiger partial charge in [-0.05, 0) is 19.8 Å². The fraction of sp³-hybridized carbons (Fsp3) is 0.895. The third-order valence-electron chi connectivity index (χ3n) is 4.20. The van der Waals surface area contributed by atoms with Crippen LogP contribution in [0.2, 0.25) is 0 Å². The van der Waals surface area contributed by atoms with Gasteiger partial charge in [-0.25, -0.2) is 0 Å². The maximum absolute atomic E-state index is 10.8. The molecule has 0 aliphatic carbocycles. The molecule has 3 heteroatoms. The number of unbranched alkanes of at least 4 members (excludes halogenated alkanes) is 13. The fourth-order valence-corrected chi connectivity index (χ4v) is 2.79. The molecule has 0 heterocycles. The van der Waals surface area contributed by atoms with Gasteiger partial charge in [0, 0.05) is 12.8 Å². The summed E-state index contributed by atoms with van der Waals surface area (Å²) in [7, 11) is 0. The maximum atomic E-state index is 10.8. The van der Waals surface area contributed by atoms with Gasteiger partial charge in [0.25, 0.3) is 0 Å². The molecule has 0 radical (unpaired) electrons. The molecule has 2 N–H and O–H groups in total. The summed E-state index contributed by atoms with van der Waals surface area (Å²) in [4.78, 5) is 21.4. The van der Waals surface area contributed by atoms with Gasteiger partial charge in [-0.2, -0.15) is 0 Å². The van der Waals surface area contributed by atoms with E-state index in [0.29, 0.717) is 12.2 Å². The minimum absolute atomic E-state index is 0.168. The van der Waals surface area contributed by atoms with Crippen LogP contribution < -0.4 is 5.73 Å². The number of primary amides is 1. The predicted molar refractivity (Wildman–Crippen MR) is 93.7 cm³/mol. The van der Waals surface area contributed by atoms with Crippen LogP contribution in [0.15, 0.2) is 0 Å². The van der Waals surface area contributed by atoms with E-state index in [1.165, 1.54) is 70.6 Å². The summed E-state index contributed by atoms with van der Waals surface area (Å²) in [6, 6.07) is 0. The quantitative estimate of drug-likeness (QED) is 0.370. The lowest BCUT2D eigenvalue weighted by Crippen LogP contribution is -2.09. The number of hydrogen-bond acceptors (Lipinski definition) is 2. The summed E-state index contributed by atoms with van der Waals surface area (Å²) in [5.41, 5.74) is 5.11. The lowest BCUT2D eigenvalue weighted by Gasteiger charge is -2.03. The van der Waals surface area contributed by atoms with Gasteiger partial charge in [0.1, 0.15) is 5.78 Å². The summed E-state index contributed by atoms with van der Waals surface area (Å²) >= 11 is 0. The molecule has 130 valence electrons. The third kappa shape index (κ3) is 19.1. The first-order chi connectivity index (χ1) is 10.6. The van der Waals surface area contributed by atoms with Crippen molar-refractivity contribution in [1.82, 2.24) is 0 Å². The second-order valence-electron chi connectivity index (χ2n) is 6.62. The average molecular weight is 312 g/mol. The van der Waals surface area contributed by atoms with E-state index in [-0.39, 0.29) is 5.91 Å². The van der Waals surface area contributed by atoms with Crippen molar-refractivity contribution in [1.29, 1.82) is 0 Å². The Morgan fingerprint density at radius 2 is 0.818 bits per heavy atom. The number of hydrogen-bond donors (Lipinski definition) is 1. The Labute approximate surface area is 137 Å². The van der Waals surface area contributed by atoms with E-state index in [1.54, 1.807) is 6.92 Å². The van der Waals surface area contributed by atoms with Crippen molar-refractivity contribution >= 4 is 11.7 Å². The van der Waals surface area contributed by atoms with Crippen molar-refractivity contribution in [2.45, 2.75) is 110 Å². The molecule has 22 heavy (non-hydrogen) atoms. The molecule has 1 amide bonds. The minimum atomic E-state index is -0.168. The first kappa shape index (κ1) is 21.1. The zero-order chi connectivity index (χ0) is 16.5. The molecule has 0 saturated carbocycles. The van der Waals surface area contributed by atoms with Crippen LogP contribution in [0.1, 0.15) is 110 Å². The summed E-state index contributed by atoms with van der Waals surface area (Å²) < 4.78 is 0. The van der Waals surface area contributed by atoms with Crippen molar-refractivity contribution < 1.29 is 9.59 Å². The SMILES string of the molecule is CC(=O)CCCCCCCCCCCCCCCCC(N)=O. The van der Waals surface area contributed by atoms with E-state index in [4.69, 9.17) is 5.73 Å². The van der Waals surface area contributed by atoms with Gasteiger partial charge in [0.2, 0.25) is 5.91 Å². The zero-order valence-electron chi connectivity index (χ0n) is 14.7. The first-order valence-corrected chi connectivity index (χ1v) is 9.40. The normalized spacial score (nSPS) is 10.8. The summed E-state index contributed by atoms with van der Waals surface area (Å²) in [6.07, 6.45) is 19.0. The van der Waals surface area contributed by atoms with Crippen LogP contribution in [0, 0.1) is 0 Å². The van der Waals surface area contributed by atoms with Crippen LogP contribution in [0.3, 0.4) is 0 Å². The molecule has 0 saturated heterocycles. The molecule has 0 rings (SSSR count). The van der Waals surface area contributed by atoms with E-state index < -0.39 is 0 Å². The average Bonchev–Trinajstić information content (AvgIpc) is 2.46. The molecule has 0 spiro atoms. The minimum Gasteiger partial charge on any atom is -0.370 e. The van der Waals surface area contributed by atoms with E-state index in [2.05, 4.69) is 0 Å². The molecule has 0 aromatic carbocycles. The topological polar surface area (TPSA) is 60.2 Å². The number of rotatable bonds is 17. The standard InChI is InChI=1S/C19H37NO2/c1-18(21)16-14-12-10-8-6-4-2-3-5-7-9-11-13-15-17-19(20)22/h2-17H2,1H3,(H2,20,22). The number of carbonyl (C=O) groups is 2. The third-order valence-corrected chi connectivity index (χ3v) is 4.20. The smallest absolute Gasteiger partial charge is 0.217 e. The molecule has 0 aliphatic heterocycles. The maximum Gasteiger partial charge on any atom is 0.217 e. The second-order valence-corrected chi connectivity index (χ2v) is 6.62. The van der Waals surface area contributed by atoms with Gasteiger partial charge in [0.05, 0.1) is 0 Å². The molecular weight excluding hydrogens is 274 g/mol. The fourth-order valence-electron chi connectivity index (χ4n) is 2.79. The Morgan fingerprint density at radius 3 is 1.09 bits per heavy atom. The highest BCUT2D eigenvalue weighted by molar-refractivity contribution is 5.75. The van der Waals surface area contributed by atoms with E-state index in [9.17, 15) is 9.59 Å². The highest BCUT2D eigenvalue weighted by atomic mass is 16.1. The molecule has 0 aromatic rings. The van der Waals surface area contributed by atoms with Gasteiger partial charge < -0.3 is 10.5 Å². The lowest BCUT2D eigenvalue weighted by molar-refractivity contribution is -0.118. The zero-order valence-corrected chi connectivity index (χ0v) is 14.7. The number of carbonyl (C=O) groups excluding carboxylic acids is 2. The van der Waals surface area contributed by atoms with Crippen molar-refractivity contribution in [2.75, 3.05) is 0 Å². The number of Topliss-reactive ketones (excluding diaryl/α,β-unsaturated/α-hetero) is 1. The monoisotopic (exact) mass is 311 g/mol. The van der Waals surface area contributed by atoms with Crippen molar-refractivity contribution in [2.24, 2.45) is 5.73 Å². The first-order valence-electron chi connectivity index (χ1n) is 9.40. The predicted octanol–water partition coefficient (Wildman–Crippen LogP) is 5.30. The van der Waals surface area contributed by atoms with Crippen LogP contribution in [-0.4, -0.2) is 11.7 Å². The summed E-state index contributed by atoms with van der Waals surface area (Å²) in [5.74, 6) is 0.159. The van der Waals surface area contributed by atoms with Crippen molar-refractivity contribution in [3.63, 3.8) is 0 Å². The van der Waals surface area contributed by atoms with E-state index in [1.807, 2.05) is 0 Å². The largest absolute Gasteiger partial charge is 0.370 e. The highest BCUT2D eigenvalue weighted by Crippen LogP contribution is 2.13. The molecular formula is C19H37NO2. The van der Waals surface area contributed by atoms with E-state index >= 15 is 0 Å². The molecule has 0 aliphatic rings. The van der Waals surface area contributed by atoms with Gasteiger partial charge >= 0.3 is 0 Å². The molecule has 3 nitrogen and oxygen atoms in total.